The Morgan fingerprint density at radius 3 is 2.72 bits per heavy atom. The van der Waals surface area contributed by atoms with E-state index in [9.17, 15) is 9.90 Å². The van der Waals surface area contributed by atoms with Crippen LogP contribution in [-0.4, -0.2) is 29.1 Å². The van der Waals surface area contributed by atoms with E-state index in [1.807, 2.05) is 6.07 Å². The first-order valence-electron chi connectivity index (χ1n) is 6.63. The molecule has 0 radical (unpaired) electrons. The summed E-state index contributed by atoms with van der Waals surface area (Å²) >= 11 is 0. The Hall–Kier alpha value is -1.29. The minimum absolute atomic E-state index is 0.484. The molecule has 1 aromatic rings. The van der Waals surface area contributed by atoms with Gasteiger partial charge in [0.1, 0.15) is 0 Å². The van der Waals surface area contributed by atoms with Gasteiger partial charge in [-0.05, 0) is 38.4 Å². The van der Waals surface area contributed by atoms with Crippen LogP contribution in [0.15, 0.2) is 23.0 Å². The highest BCUT2D eigenvalue weighted by molar-refractivity contribution is 5.74. The summed E-state index contributed by atoms with van der Waals surface area (Å²) in [4.78, 5) is 13.8. The van der Waals surface area contributed by atoms with E-state index in [-0.39, 0.29) is 0 Å². The molecule has 0 aliphatic carbocycles. The molecule has 0 bridgehead atoms. The Kier molecular flexibility index (Phi) is 4.07. The number of piperidine rings is 1. The number of rotatable bonds is 5. The summed E-state index contributed by atoms with van der Waals surface area (Å²) in [6.07, 6.45) is 6.68. The summed E-state index contributed by atoms with van der Waals surface area (Å²) in [5.74, 6) is -0.618. The molecule has 0 saturated carbocycles. The first-order chi connectivity index (χ1) is 8.66. The van der Waals surface area contributed by atoms with E-state index < -0.39 is 11.4 Å². The summed E-state index contributed by atoms with van der Waals surface area (Å²) in [5.41, 5.74) is 0.676. The second-order valence-corrected chi connectivity index (χ2v) is 5.24. The lowest BCUT2D eigenvalue weighted by Crippen LogP contribution is -2.44. The van der Waals surface area contributed by atoms with Gasteiger partial charge in [-0.1, -0.05) is 13.3 Å². The van der Waals surface area contributed by atoms with Crippen LogP contribution in [0.1, 0.15) is 38.2 Å². The number of aliphatic carboxylic acids is 1. The van der Waals surface area contributed by atoms with E-state index in [1.54, 1.807) is 12.5 Å². The summed E-state index contributed by atoms with van der Waals surface area (Å²) in [5, 5.41) is 9.43. The van der Waals surface area contributed by atoms with E-state index in [0.29, 0.717) is 0 Å². The van der Waals surface area contributed by atoms with Gasteiger partial charge in [0.15, 0.2) is 0 Å². The maximum absolute atomic E-state index is 11.5. The molecule has 100 valence electrons. The molecule has 0 aromatic carbocycles. The molecule has 1 aliphatic heterocycles. The summed E-state index contributed by atoms with van der Waals surface area (Å²) in [7, 11) is 0. The fourth-order valence-corrected chi connectivity index (χ4v) is 2.83. The minimum atomic E-state index is -0.618. The SMILES string of the molecule is CCCC1(C(=O)O)CCN(Cc2ccoc2)CC1. The molecule has 1 N–H and O–H groups in total. The number of hydrogen-bond donors (Lipinski definition) is 1. The van der Waals surface area contributed by atoms with Gasteiger partial charge < -0.3 is 9.52 Å². The fourth-order valence-electron chi connectivity index (χ4n) is 2.83. The van der Waals surface area contributed by atoms with Gasteiger partial charge >= 0.3 is 5.97 Å². The van der Waals surface area contributed by atoms with E-state index in [0.717, 1.165) is 50.9 Å². The van der Waals surface area contributed by atoms with Crippen molar-refractivity contribution in [3.8, 4) is 0 Å². The molecule has 0 amide bonds. The normalized spacial score (nSPS) is 19.8. The van der Waals surface area contributed by atoms with Crippen LogP contribution in [-0.2, 0) is 11.3 Å². The van der Waals surface area contributed by atoms with Crippen LogP contribution in [0.4, 0.5) is 0 Å². The van der Waals surface area contributed by atoms with Gasteiger partial charge in [0, 0.05) is 12.1 Å². The third-order valence-corrected chi connectivity index (χ3v) is 3.98. The molecular weight excluding hydrogens is 230 g/mol. The Bertz CT molecular complexity index is 378. The van der Waals surface area contributed by atoms with Crippen LogP contribution < -0.4 is 0 Å². The average Bonchev–Trinajstić information content (AvgIpc) is 2.85. The number of nitrogens with zero attached hydrogens (tertiary/aromatic N) is 1. The van der Waals surface area contributed by atoms with Crippen molar-refractivity contribution < 1.29 is 14.3 Å². The first kappa shape index (κ1) is 13.1. The summed E-state index contributed by atoms with van der Waals surface area (Å²) in [6, 6.07) is 1.96. The highest BCUT2D eigenvalue weighted by Crippen LogP contribution is 2.36. The molecular formula is C14H21NO3. The van der Waals surface area contributed by atoms with Crippen LogP contribution in [0.5, 0.6) is 0 Å². The minimum Gasteiger partial charge on any atom is -0.481 e. The highest BCUT2D eigenvalue weighted by atomic mass is 16.4. The van der Waals surface area contributed by atoms with Crippen molar-refractivity contribution in [1.82, 2.24) is 4.90 Å². The fraction of sp³-hybridized carbons (Fsp3) is 0.643. The molecule has 1 fully saturated rings. The van der Waals surface area contributed by atoms with E-state index in [1.165, 1.54) is 0 Å². The van der Waals surface area contributed by atoms with Gasteiger partial charge in [-0.2, -0.15) is 0 Å². The topological polar surface area (TPSA) is 53.7 Å². The first-order valence-corrected chi connectivity index (χ1v) is 6.63. The predicted molar refractivity (Wildman–Crippen MR) is 68.2 cm³/mol. The van der Waals surface area contributed by atoms with Crippen molar-refractivity contribution in [2.24, 2.45) is 5.41 Å². The largest absolute Gasteiger partial charge is 0.481 e. The number of carboxylic acid groups (broad SMARTS) is 1. The van der Waals surface area contributed by atoms with Crippen molar-refractivity contribution in [2.45, 2.75) is 39.2 Å². The van der Waals surface area contributed by atoms with Crippen LogP contribution >= 0.6 is 0 Å². The highest BCUT2D eigenvalue weighted by Gasteiger charge is 2.40. The molecule has 0 spiro atoms. The summed E-state index contributed by atoms with van der Waals surface area (Å²) in [6.45, 7) is 4.63. The monoisotopic (exact) mass is 251 g/mol. The van der Waals surface area contributed by atoms with E-state index in [4.69, 9.17) is 4.42 Å². The molecule has 4 heteroatoms. The molecule has 0 atom stereocenters. The number of carbonyl (C=O) groups is 1. The molecule has 1 aromatic heterocycles. The number of carboxylic acids is 1. The molecule has 2 heterocycles. The molecule has 4 nitrogen and oxygen atoms in total. The van der Waals surface area contributed by atoms with Crippen molar-refractivity contribution in [3.05, 3.63) is 24.2 Å². The van der Waals surface area contributed by atoms with E-state index in [2.05, 4.69) is 11.8 Å². The van der Waals surface area contributed by atoms with Crippen molar-refractivity contribution in [3.63, 3.8) is 0 Å². The third-order valence-electron chi connectivity index (χ3n) is 3.98. The van der Waals surface area contributed by atoms with Crippen LogP contribution in [0, 0.1) is 5.41 Å². The zero-order chi connectivity index (χ0) is 13.0. The van der Waals surface area contributed by atoms with Gasteiger partial charge in [0.05, 0.1) is 17.9 Å². The number of hydrogen-bond acceptors (Lipinski definition) is 3. The predicted octanol–water partition coefficient (Wildman–Crippen LogP) is 2.75. The van der Waals surface area contributed by atoms with Gasteiger partial charge in [0.25, 0.3) is 0 Å². The Morgan fingerprint density at radius 1 is 1.50 bits per heavy atom. The maximum atomic E-state index is 11.5. The Labute approximate surface area is 108 Å². The molecule has 0 unspecified atom stereocenters. The summed E-state index contributed by atoms with van der Waals surface area (Å²) < 4.78 is 5.05. The standard InChI is InChI=1S/C14H21NO3/c1-2-4-14(13(16)17)5-7-15(8-6-14)10-12-3-9-18-11-12/h3,9,11H,2,4-8,10H2,1H3,(H,16,17). The third kappa shape index (κ3) is 2.75. The van der Waals surface area contributed by atoms with Crippen molar-refractivity contribution in [2.75, 3.05) is 13.1 Å². The maximum Gasteiger partial charge on any atom is 0.309 e. The number of likely N-dealkylation sites (tertiary alicyclic amines) is 1. The average molecular weight is 251 g/mol. The zero-order valence-corrected chi connectivity index (χ0v) is 10.9. The Morgan fingerprint density at radius 2 is 2.22 bits per heavy atom. The van der Waals surface area contributed by atoms with Crippen LogP contribution in [0.25, 0.3) is 0 Å². The smallest absolute Gasteiger partial charge is 0.309 e. The van der Waals surface area contributed by atoms with Gasteiger partial charge in [-0.3, -0.25) is 9.69 Å². The van der Waals surface area contributed by atoms with Crippen LogP contribution in [0.3, 0.4) is 0 Å². The lowest BCUT2D eigenvalue weighted by molar-refractivity contribution is -0.152. The number of furan rings is 1. The van der Waals surface area contributed by atoms with Crippen molar-refractivity contribution in [1.29, 1.82) is 0 Å². The lowest BCUT2D eigenvalue weighted by Gasteiger charge is -2.38. The second kappa shape index (κ2) is 5.57. The van der Waals surface area contributed by atoms with Gasteiger partial charge in [0.2, 0.25) is 0 Å². The quantitative estimate of drug-likeness (QED) is 0.874. The molecule has 2 rings (SSSR count). The molecule has 18 heavy (non-hydrogen) atoms. The van der Waals surface area contributed by atoms with Gasteiger partial charge in [-0.15, -0.1) is 0 Å². The lowest BCUT2D eigenvalue weighted by atomic mass is 9.75. The second-order valence-electron chi connectivity index (χ2n) is 5.24. The Balaban J connectivity index is 1.91. The molecule has 1 saturated heterocycles. The van der Waals surface area contributed by atoms with Gasteiger partial charge in [-0.25, -0.2) is 0 Å². The van der Waals surface area contributed by atoms with E-state index >= 15 is 0 Å². The molecule has 1 aliphatic rings. The van der Waals surface area contributed by atoms with Crippen LogP contribution in [0.2, 0.25) is 0 Å². The zero-order valence-electron chi connectivity index (χ0n) is 10.9. The van der Waals surface area contributed by atoms with Crippen molar-refractivity contribution >= 4 is 5.97 Å².